The van der Waals surface area contributed by atoms with E-state index >= 15 is 0 Å². The molecule has 0 aliphatic carbocycles. The van der Waals surface area contributed by atoms with E-state index in [0.717, 1.165) is 23.3 Å². The number of aryl methyl sites for hydroxylation is 2. The Hall–Kier alpha value is -2.79. The van der Waals surface area contributed by atoms with Crippen LogP contribution in [-0.2, 0) is 10.0 Å². The Morgan fingerprint density at radius 3 is 1.69 bits per heavy atom. The normalized spacial score (nSPS) is 11.2. The van der Waals surface area contributed by atoms with Crippen LogP contribution in [-0.4, -0.2) is 14.7 Å². The highest BCUT2D eigenvalue weighted by Crippen LogP contribution is 2.35. The topological polar surface area (TPSA) is 49.4 Å². The minimum absolute atomic E-state index is 0.536. The third kappa shape index (κ3) is 4.43. The molecule has 4 nitrogen and oxygen atoms in total. The lowest BCUT2D eigenvalue weighted by Crippen LogP contribution is -2.12. The van der Waals surface area contributed by atoms with Crippen molar-refractivity contribution in [3.05, 3.63) is 83.9 Å². The van der Waals surface area contributed by atoms with Crippen LogP contribution < -0.4 is 9.62 Å². The minimum Gasteiger partial charge on any atom is -0.310 e. The number of rotatable bonds is 5. The highest BCUT2D eigenvalue weighted by Gasteiger charge is 2.13. The van der Waals surface area contributed by atoms with Crippen molar-refractivity contribution in [1.29, 1.82) is 0 Å². The Balaban J connectivity index is 2.10. The van der Waals surface area contributed by atoms with Crippen LogP contribution in [0.2, 0.25) is 0 Å². The van der Waals surface area contributed by atoms with Gasteiger partial charge in [0, 0.05) is 17.1 Å². The van der Waals surface area contributed by atoms with Crippen molar-refractivity contribution in [2.45, 2.75) is 13.8 Å². The second kappa shape index (κ2) is 7.22. The van der Waals surface area contributed by atoms with Gasteiger partial charge in [-0.3, -0.25) is 4.72 Å². The smallest absolute Gasteiger partial charge is 0.229 e. The molecule has 0 bridgehead atoms. The summed E-state index contributed by atoms with van der Waals surface area (Å²) < 4.78 is 25.7. The molecule has 0 heterocycles. The lowest BCUT2D eigenvalue weighted by Gasteiger charge is -2.26. The molecule has 26 heavy (non-hydrogen) atoms. The van der Waals surface area contributed by atoms with E-state index in [1.54, 1.807) is 6.07 Å². The van der Waals surface area contributed by atoms with Gasteiger partial charge in [0.1, 0.15) is 0 Å². The summed E-state index contributed by atoms with van der Waals surface area (Å²) in [6.45, 7) is 4.10. The van der Waals surface area contributed by atoms with Crippen molar-refractivity contribution < 1.29 is 8.42 Å². The van der Waals surface area contributed by atoms with Crippen molar-refractivity contribution in [1.82, 2.24) is 0 Å². The Morgan fingerprint density at radius 2 is 1.23 bits per heavy atom. The van der Waals surface area contributed by atoms with Gasteiger partial charge in [0.15, 0.2) is 0 Å². The third-order valence-electron chi connectivity index (χ3n) is 3.99. The molecule has 3 aromatic rings. The van der Waals surface area contributed by atoms with Crippen LogP contribution in [0.25, 0.3) is 0 Å². The molecule has 0 aromatic heterocycles. The molecule has 0 amide bonds. The monoisotopic (exact) mass is 366 g/mol. The number of nitrogens with zero attached hydrogens (tertiary/aromatic N) is 1. The number of benzene rings is 3. The van der Waals surface area contributed by atoms with E-state index < -0.39 is 10.0 Å². The Labute approximate surface area is 155 Å². The molecule has 0 saturated heterocycles. The molecule has 3 rings (SSSR count). The van der Waals surface area contributed by atoms with Crippen molar-refractivity contribution in [2.75, 3.05) is 15.9 Å². The van der Waals surface area contributed by atoms with E-state index in [-0.39, 0.29) is 0 Å². The highest BCUT2D eigenvalue weighted by atomic mass is 32.2. The number of anilines is 4. The number of hydrogen-bond acceptors (Lipinski definition) is 3. The summed E-state index contributed by atoms with van der Waals surface area (Å²) in [7, 11) is -3.33. The predicted molar refractivity (Wildman–Crippen MR) is 109 cm³/mol. The van der Waals surface area contributed by atoms with E-state index in [1.807, 2.05) is 18.2 Å². The van der Waals surface area contributed by atoms with Gasteiger partial charge in [-0.15, -0.1) is 0 Å². The SMILES string of the molecule is Cc1ccc(N(c2ccc(C)cc2)c2cccc(NS(C)(=O)=O)c2)cc1. The molecule has 5 heteroatoms. The average Bonchev–Trinajstić information content (AvgIpc) is 2.57. The molecule has 0 radical (unpaired) electrons. The maximum absolute atomic E-state index is 11.6. The maximum atomic E-state index is 11.6. The van der Waals surface area contributed by atoms with Crippen LogP contribution in [0.4, 0.5) is 22.7 Å². The van der Waals surface area contributed by atoms with Crippen LogP contribution >= 0.6 is 0 Å². The first-order valence-corrected chi connectivity index (χ1v) is 10.2. The summed E-state index contributed by atoms with van der Waals surface area (Å²) in [5.74, 6) is 0. The lowest BCUT2D eigenvalue weighted by molar-refractivity contribution is 0.607. The molecule has 1 N–H and O–H groups in total. The van der Waals surface area contributed by atoms with Gasteiger partial charge < -0.3 is 4.90 Å². The fourth-order valence-corrected chi connectivity index (χ4v) is 3.31. The second-order valence-corrected chi connectivity index (χ2v) is 8.18. The molecular formula is C21H22N2O2S. The fraction of sp³-hybridized carbons (Fsp3) is 0.143. The molecule has 0 fully saturated rings. The largest absolute Gasteiger partial charge is 0.310 e. The number of nitrogens with one attached hydrogen (secondary N) is 1. The molecule has 134 valence electrons. The van der Waals surface area contributed by atoms with Gasteiger partial charge in [-0.2, -0.15) is 0 Å². The molecule has 0 spiro atoms. The van der Waals surface area contributed by atoms with Gasteiger partial charge in [-0.05, 0) is 56.3 Å². The summed E-state index contributed by atoms with van der Waals surface area (Å²) in [5, 5.41) is 0. The van der Waals surface area contributed by atoms with Gasteiger partial charge >= 0.3 is 0 Å². The second-order valence-electron chi connectivity index (χ2n) is 6.43. The molecule has 0 aliphatic rings. The number of hydrogen-bond donors (Lipinski definition) is 1. The minimum atomic E-state index is -3.33. The maximum Gasteiger partial charge on any atom is 0.229 e. The molecule has 0 unspecified atom stereocenters. The molecule has 0 aliphatic heterocycles. The van der Waals surface area contributed by atoms with Gasteiger partial charge in [-0.1, -0.05) is 41.5 Å². The summed E-state index contributed by atoms with van der Waals surface area (Å²) in [4.78, 5) is 2.10. The van der Waals surface area contributed by atoms with Gasteiger partial charge in [0.25, 0.3) is 0 Å². The Bertz CT molecular complexity index is 949. The van der Waals surface area contributed by atoms with Crippen LogP contribution in [0.5, 0.6) is 0 Å². The highest BCUT2D eigenvalue weighted by molar-refractivity contribution is 7.92. The predicted octanol–water partition coefficient (Wildman–Crippen LogP) is 5.14. The quantitative estimate of drug-likeness (QED) is 0.680. The van der Waals surface area contributed by atoms with Gasteiger partial charge in [0.05, 0.1) is 11.9 Å². The molecule has 0 saturated carbocycles. The third-order valence-corrected chi connectivity index (χ3v) is 4.60. The van der Waals surface area contributed by atoms with Crippen molar-refractivity contribution >= 4 is 32.8 Å². The zero-order chi connectivity index (χ0) is 18.7. The summed E-state index contributed by atoms with van der Waals surface area (Å²) >= 11 is 0. The summed E-state index contributed by atoms with van der Waals surface area (Å²) in [5.41, 5.74) is 5.81. The van der Waals surface area contributed by atoms with Crippen LogP contribution in [0.15, 0.2) is 72.8 Å². The fourth-order valence-electron chi connectivity index (χ4n) is 2.76. The molecule has 3 aromatic carbocycles. The first-order chi connectivity index (χ1) is 12.3. The summed E-state index contributed by atoms with van der Waals surface area (Å²) in [6.07, 6.45) is 1.15. The van der Waals surface area contributed by atoms with Crippen LogP contribution in [0, 0.1) is 13.8 Å². The first-order valence-electron chi connectivity index (χ1n) is 8.33. The van der Waals surface area contributed by atoms with Crippen molar-refractivity contribution in [3.8, 4) is 0 Å². The van der Waals surface area contributed by atoms with Gasteiger partial charge in [-0.25, -0.2) is 8.42 Å². The Morgan fingerprint density at radius 1 is 0.731 bits per heavy atom. The van der Waals surface area contributed by atoms with E-state index in [4.69, 9.17) is 0 Å². The van der Waals surface area contributed by atoms with E-state index in [2.05, 4.69) is 72.0 Å². The standard InChI is InChI=1S/C21H22N2O2S/c1-16-7-11-19(12-8-16)23(20-13-9-17(2)10-14-20)21-6-4-5-18(15-21)22-26(3,24)25/h4-15,22H,1-3H3. The lowest BCUT2D eigenvalue weighted by atomic mass is 10.1. The van der Waals surface area contributed by atoms with Crippen LogP contribution in [0.3, 0.4) is 0 Å². The van der Waals surface area contributed by atoms with E-state index in [1.165, 1.54) is 11.1 Å². The zero-order valence-electron chi connectivity index (χ0n) is 15.1. The Kier molecular flexibility index (Phi) is 5.00. The summed E-state index contributed by atoms with van der Waals surface area (Å²) in [6, 6.07) is 23.9. The van der Waals surface area contributed by atoms with Crippen molar-refractivity contribution in [3.63, 3.8) is 0 Å². The average molecular weight is 366 g/mol. The van der Waals surface area contributed by atoms with Crippen LogP contribution in [0.1, 0.15) is 11.1 Å². The zero-order valence-corrected chi connectivity index (χ0v) is 15.9. The number of sulfonamides is 1. The molecule has 0 atom stereocenters. The van der Waals surface area contributed by atoms with Gasteiger partial charge in [0.2, 0.25) is 10.0 Å². The van der Waals surface area contributed by atoms with Crippen molar-refractivity contribution in [2.24, 2.45) is 0 Å². The van der Waals surface area contributed by atoms with E-state index in [0.29, 0.717) is 5.69 Å². The first kappa shape index (κ1) is 18.0. The van der Waals surface area contributed by atoms with E-state index in [9.17, 15) is 8.42 Å². The molecular weight excluding hydrogens is 344 g/mol.